The molecule has 0 radical (unpaired) electrons. The summed E-state index contributed by atoms with van der Waals surface area (Å²) in [6.07, 6.45) is 0.415. The van der Waals surface area contributed by atoms with E-state index in [1.165, 1.54) is 0 Å². The molecule has 0 spiro atoms. The van der Waals surface area contributed by atoms with Crippen LogP contribution in [0.25, 0.3) is 0 Å². The smallest absolute Gasteiger partial charge is 0.306 e. The summed E-state index contributed by atoms with van der Waals surface area (Å²) in [4.78, 5) is 23.7. The third-order valence-corrected chi connectivity index (χ3v) is 4.06. The van der Waals surface area contributed by atoms with E-state index in [4.69, 9.17) is 9.47 Å². The first kappa shape index (κ1) is 17.3. The van der Waals surface area contributed by atoms with Gasteiger partial charge >= 0.3 is 5.97 Å². The third-order valence-electron chi connectivity index (χ3n) is 4.06. The van der Waals surface area contributed by atoms with Gasteiger partial charge in [0, 0.05) is 6.61 Å². The van der Waals surface area contributed by atoms with Gasteiger partial charge in [0.05, 0.1) is 31.1 Å². The largest absolute Gasteiger partial charge is 0.497 e. The average Bonchev–Trinajstić information content (AvgIpc) is 3.26. The number of rotatable bonds is 8. The highest BCUT2D eigenvalue weighted by Gasteiger charge is 2.46. The number of methoxy groups -OCH3 is 1. The zero-order chi connectivity index (χ0) is 17.0. The lowest BCUT2D eigenvalue weighted by Gasteiger charge is -2.30. The molecule has 1 aliphatic rings. The maximum absolute atomic E-state index is 12.4. The van der Waals surface area contributed by atoms with Crippen molar-refractivity contribution in [2.24, 2.45) is 5.92 Å². The lowest BCUT2D eigenvalue weighted by molar-refractivity contribution is -0.139. The summed E-state index contributed by atoms with van der Waals surface area (Å²) in [6, 6.07) is 7.09. The van der Waals surface area contributed by atoms with Crippen molar-refractivity contribution < 1.29 is 24.2 Å². The number of carbonyl (C=O) groups excluding carboxylic acids is 1. The molecule has 1 aromatic rings. The van der Waals surface area contributed by atoms with Crippen LogP contribution in [0.15, 0.2) is 24.3 Å². The van der Waals surface area contributed by atoms with E-state index >= 15 is 0 Å². The predicted molar refractivity (Wildman–Crippen MR) is 84.3 cm³/mol. The van der Waals surface area contributed by atoms with Crippen LogP contribution in [0.1, 0.15) is 32.3 Å². The van der Waals surface area contributed by atoms with Gasteiger partial charge < -0.3 is 19.9 Å². The van der Waals surface area contributed by atoms with E-state index in [-0.39, 0.29) is 24.3 Å². The zero-order valence-corrected chi connectivity index (χ0v) is 13.7. The Morgan fingerprint density at radius 2 is 2.17 bits per heavy atom. The summed E-state index contributed by atoms with van der Waals surface area (Å²) in [7, 11) is 1.54. The number of nitrogens with one attached hydrogen (secondary N) is 1. The molecule has 2 rings (SSSR count). The van der Waals surface area contributed by atoms with Crippen LogP contribution in [0.2, 0.25) is 0 Å². The van der Waals surface area contributed by atoms with Gasteiger partial charge in [-0.05, 0) is 38.0 Å². The molecule has 3 atom stereocenters. The van der Waals surface area contributed by atoms with Crippen molar-refractivity contribution >= 4 is 11.9 Å². The fourth-order valence-corrected chi connectivity index (χ4v) is 2.70. The van der Waals surface area contributed by atoms with Gasteiger partial charge in [-0.1, -0.05) is 12.1 Å². The molecule has 0 bridgehead atoms. The topological polar surface area (TPSA) is 84.9 Å². The average molecular weight is 321 g/mol. The number of amides is 1. The summed E-state index contributed by atoms with van der Waals surface area (Å²) in [5.74, 6) is -0.733. The van der Waals surface area contributed by atoms with Crippen LogP contribution in [0.3, 0.4) is 0 Å². The Balaban J connectivity index is 2.18. The van der Waals surface area contributed by atoms with Crippen molar-refractivity contribution in [1.29, 1.82) is 0 Å². The first-order valence-electron chi connectivity index (χ1n) is 7.69. The van der Waals surface area contributed by atoms with Crippen LogP contribution in [-0.2, 0) is 19.9 Å². The van der Waals surface area contributed by atoms with Crippen molar-refractivity contribution in [3.05, 3.63) is 29.8 Å². The van der Waals surface area contributed by atoms with Gasteiger partial charge in [-0.15, -0.1) is 0 Å². The quantitative estimate of drug-likeness (QED) is 0.764. The second-order valence-corrected chi connectivity index (χ2v) is 5.96. The second-order valence-electron chi connectivity index (χ2n) is 5.96. The van der Waals surface area contributed by atoms with E-state index in [0.29, 0.717) is 24.3 Å². The number of hydrogen-bond donors (Lipinski definition) is 2. The predicted octanol–water partition coefficient (Wildman–Crippen LogP) is 1.93. The highest BCUT2D eigenvalue weighted by atomic mass is 16.5. The number of carboxylic acid groups (broad SMARTS) is 1. The molecular weight excluding hydrogens is 298 g/mol. The SMILES string of the molecule is CCOC1CC1C(=O)NC(C)(CC(=O)O)c1cccc(OC)c1. The fourth-order valence-electron chi connectivity index (χ4n) is 2.70. The van der Waals surface area contributed by atoms with E-state index in [0.717, 1.165) is 0 Å². The first-order chi connectivity index (χ1) is 10.9. The standard InChI is InChI=1S/C17H23NO5/c1-4-23-14-9-13(14)16(21)18-17(2,10-15(19)20)11-6-5-7-12(8-11)22-3/h5-8,13-14H,4,9-10H2,1-3H3,(H,18,21)(H,19,20). The lowest BCUT2D eigenvalue weighted by Crippen LogP contribution is -2.46. The second kappa shape index (κ2) is 7.00. The molecule has 126 valence electrons. The molecule has 23 heavy (non-hydrogen) atoms. The van der Waals surface area contributed by atoms with Crippen LogP contribution < -0.4 is 10.1 Å². The van der Waals surface area contributed by atoms with Gasteiger partial charge in [-0.25, -0.2) is 0 Å². The normalized spacial score (nSPS) is 22.0. The van der Waals surface area contributed by atoms with Crippen LogP contribution in [0.5, 0.6) is 5.75 Å². The summed E-state index contributed by atoms with van der Waals surface area (Å²) in [5.41, 5.74) is -0.308. The minimum absolute atomic E-state index is 0.0561. The highest BCUT2D eigenvalue weighted by molar-refractivity contribution is 5.83. The molecule has 0 aromatic heterocycles. The molecule has 1 aliphatic carbocycles. The summed E-state index contributed by atoms with van der Waals surface area (Å²) < 4.78 is 10.6. The zero-order valence-electron chi connectivity index (χ0n) is 13.7. The number of hydrogen-bond acceptors (Lipinski definition) is 4. The van der Waals surface area contributed by atoms with Crippen molar-refractivity contribution in [1.82, 2.24) is 5.32 Å². The number of carboxylic acids is 1. The molecule has 3 unspecified atom stereocenters. The van der Waals surface area contributed by atoms with E-state index in [1.807, 2.05) is 6.92 Å². The maximum atomic E-state index is 12.4. The Labute approximate surface area is 135 Å². The highest BCUT2D eigenvalue weighted by Crippen LogP contribution is 2.36. The molecule has 0 aliphatic heterocycles. The molecule has 6 nitrogen and oxygen atoms in total. The lowest BCUT2D eigenvalue weighted by atomic mass is 9.88. The van der Waals surface area contributed by atoms with Crippen LogP contribution in [0.4, 0.5) is 0 Å². The van der Waals surface area contributed by atoms with Crippen LogP contribution >= 0.6 is 0 Å². The Bertz CT molecular complexity index is 588. The summed E-state index contributed by atoms with van der Waals surface area (Å²) in [6.45, 7) is 4.17. The van der Waals surface area contributed by atoms with Crippen LogP contribution in [0, 0.1) is 5.92 Å². The third kappa shape index (κ3) is 4.22. The first-order valence-corrected chi connectivity index (χ1v) is 7.69. The molecule has 0 heterocycles. The van der Waals surface area contributed by atoms with Gasteiger partial charge in [0.25, 0.3) is 0 Å². The molecule has 0 saturated heterocycles. The molecule has 1 aromatic carbocycles. The number of carbonyl (C=O) groups is 2. The molecular formula is C17H23NO5. The maximum Gasteiger partial charge on any atom is 0.306 e. The molecule has 1 fully saturated rings. The molecule has 2 N–H and O–H groups in total. The Morgan fingerprint density at radius 3 is 2.78 bits per heavy atom. The Hall–Kier alpha value is -2.08. The van der Waals surface area contributed by atoms with E-state index in [2.05, 4.69) is 5.32 Å². The van der Waals surface area contributed by atoms with E-state index in [1.54, 1.807) is 38.3 Å². The fraction of sp³-hybridized carbons (Fsp3) is 0.529. The Kier molecular flexibility index (Phi) is 5.26. The van der Waals surface area contributed by atoms with Crippen molar-refractivity contribution in [3.8, 4) is 5.75 Å². The molecule has 6 heteroatoms. The minimum Gasteiger partial charge on any atom is -0.497 e. The van der Waals surface area contributed by atoms with Crippen molar-refractivity contribution in [3.63, 3.8) is 0 Å². The number of benzene rings is 1. The molecule has 1 saturated carbocycles. The summed E-state index contributed by atoms with van der Waals surface area (Å²) >= 11 is 0. The number of aliphatic carboxylic acids is 1. The van der Waals surface area contributed by atoms with E-state index < -0.39 is 11.5 Å². The minimum atomic E-state index is -1.00. The molecule has 1 amide bonds. The van der Waals surface area contributed by atoms with Gasteiger partial charge in [0.2, 0.25) is 5.91 Å². The van der Waals surface area contributed by atoms with Gasteiger partial charge in [-0.3, -0.25) is 9.59 Å². The van der Waals surface area contributed by atoms with Gasteiger partial charge in [-0.2, -0.15) is 0 Å². The van der Waals surface area contributed by atoms with Crippen molar-refractivity contribution in [2.75, 3.05) is 13.7 Å². The Morgan fingerprint density at radius 1 is 1.43 bits per heavy atom. The van der Waals surface area contributed by atoms with Crippen LogP contribution in [-0.4, -0.2) is 36.8 Å². The van der Waals surface area contributed by atoms with Gasteiger partial charge in [0.1, 0.15) is 5.75 Å². The van der Waals surface area contributed by atoms with Gasteiger partial charge in [0.15, 0.2) is 0 Å². The van der Waals surface area contributed by atoms with E-state index in [9.17, 15) is 14.7 Å². The number of ether oxygens (including phenoxy) is 2. The monoisotopic (exact) mass is 321 g/mol. The van der Waals surface area contributed by atoms with Crippen molar-refractivity contribution in [2.45, 2.75) is 38.3 Å². The summed E-state index contributed by atoms with van der Waals surface area (Å²) in [5, 5.41) is 12.1.